The van der Waals surface area contributed by atoms with Crippen LogP contribution in [0.2, 0.25) is 5.02 Å². The number of halogens is 1. The van der Waals surface area contributed by atoms with E-state index in [0.29, 0.717) is 36.0 Å². The summed E-state index contributed by atoms with van der Waals surface area (Å²) in [5.74, 6) is 0.586. The summed E-state index contributed by atoms with van der Waals surface area (Å²) in [4.78, 5) is 27.4. The van der Waals surface area contributed by atoms with Crippen molar-refractivity contribution in [1.29, 1.82) is 0 Å². The Hall–Kier alpha value is -2.84. The third-order valence-corrected chi connectivity index (χ3v) is 5.11. The second kappa shape index (κ2) is 9.58. The standard InChI is InChI=1S/C20H23ClN4O4/c1-22-18-7-2-15(14-19(18)25(27)28)20(26)24-10-8-23(9-11-24)12-13-29-17-5-3-16(21)4-6-17/h2-7,14,22H,8-13H2,1H3. The van der Waals surface area contributed by atoms with Gasteiger partial charge < -0.3 is 15.0 Å². The molecular formula is C20H23ClN4O4. The van der Waals surface area contributed by atoms with Crippen molar-refractivity contribution in [1.82, 2.24) is 9.80 Å². The molecule has 1 saturated heterocycles. The second-order valence-corrected chi connectivity index (χ2v) is 7.11. The SMILES string of the molecule is CNc1ccc(C(=O)N2CCN(CCOc3ccc(Cl)cc3)CC2)cc1[N+](=O)[O-]. The number of nitro groups is 1. The summed E-state index contributed by atoms with van der Waals surface area (Å²) in [6, 6.07) is 11.8. The number of ether oxygens (including phenoxy) is 1. The summed E-state index contributed by atoms with van der Waals surface area (Å²) in [6.45, 7) is 3.90. The van der Waals surface area contributed by atoms with Crippen molar-refractivity contribution in [3.05, 3.63) is 63.2 Å². The Morgan fingerprint density at radius 3 is 2.48 bits per heavy atom. The third kappa shape index (κ3) is 5.36. The molecular weight excluding hydrogens is 396 g/mol. The molecule has 1 N–H and O–H groups in total. The number of nitrogens with one attached hydrogen (secondary N) is 1. The van der Waals surface area contributed by atoms with Crippen molar-refractivity contribution in [2.75, 3.05) is 51.7 Å². The van der Waals surface area contributed by atoms with E-state index in [1.54, 1.807) is 36.2 Å². The van der Waals surface area contributed by atoms with Crippen LogP contribution >= 0.6 is 11.6 Å². The zero-order chi connectivity index (χ0) is 20.8. The Kier molecular flexibility index (Phi) is 6.90. The molecule has 29 heavy (non-hydrogen) atoms. The number of amides is 1. The van der Waals surface area contributed by atoms with Gasteiger partial charge in [-0.05, 0) is 36.4 Å². The molecule has 0 aliphatic carbocycles. The van der Waals surface area contributed by atoms with Crippen molar-refractivity contribution in [2.24, 2.45) is 0 Å². The molecule has 1 fully saturated rings. The van der Waals surface area contributed by atoms with Crippen LogP contribution in [0.15, 0.2) is 42.5 Å². The summed E-state index contributed by atoms with van der Waals surface area (Å²) in [7, 11) is 1.61. The first-order chi connectivity index (χ1) is 14.0. The van der Waals surface area contributed by atoms with Gasteiger partial charge in [0.2, 0.25) is 0 Å². The fourth-order valence-corrected chi connectivity index (χ4v) is 3.33. The molecule has 9 heteroatoms. The lowest BCUT2D eigenvalue weighted by molar-refractivity contribution is -0.384. The largest absolute Gasteiger partial charge is 0.492 e. The van der Waals surface area contributed by atoms with Crippen LogP contribution in [0, 0.1) is 10.1 Å². The number of nitrogens with zero attached hydrogens (tertiary/aromatic N) is 3. The number of carbonyl (C=O) groups excluding carboxylic acids is 1. The lowest BCUT2D eigenvalue weighted by Crippen LogP contribution is -2.49. The van der Waals surface area contributed by atoms with Gasteiger partial charge in [0, 0.05) is 56.4 Å². The van der Waals surface area contributed by atoms with E-state index < -0.39 is 4.92 Å². The highest BCUT2D eigenvalue weighted by Gasteiger charge is 2.24. The minimum Gasteiger partial charge on any atom is -0.492 e. The van der Waals surface area contributed by atoms with E-state index in [0.717, 1.165) is 25.4 Å². The zero-order valence-electron chi connectivity index (χ0n) is 16.1. The van der Waals surface area contributed by atoms with E-state index >= 15 is 0 Å². The van der Waals surface area contributed by atoms with Gasteiger partial charge in [0.05, 0.1) is 4.92 Å². The van der Waals surface area contributed by atoms with E-state index in [1.165, 1.54) is 6.07 Å². The molecule has 2 aromatic rings. The van der Waals surface area contributed by atoms with Crippen LogP contribution < -0.4 is 10.1 Å². The average Bonchev–Trinajstić information content (AvgIpc) is 2.74. The van der Waals surface area contributed by atoms with Crippen LogP contribution in [0.5, 0.6) is 5.75 Å². The summed E-state index contributed by atoms with van der Waals surface area (Å²) in [5, 5.41) is 14.7. The Morgan fingerprint density at radius 1 is 1.17 bits per heavy atom. The molecule has 0 spiro atoms. The number of benzene rings is 2. The maximum absolute atomic E-state index is 12.7. The van der Waals surface area contributed by atoms with Crippen LogP contribution in [0.4, 0.5) is 11.4 Å². The lowest BCUT2D eigenvalue weighted by Gasteiger charge is -2.34. The van der Waals surface area contributed by atoms with Gasteiger partial charge >= 0.3 is 0 Å². The highest BCUT2D eigenvalue weighted by atomic mass is 35.5. The van der Waals surface area contributed by atoms with E-state index in [1.807, 2.05) is 12.1 Å². The number of hydrogen-bond donors (Lipinski definition) is 1. The Labute approximate surface area is 174 Å². The molecule has 3 rings (SSSR count). The van der Waals surface area contributed by atoms with Gasteiger partial charge in [-0.15, -0.1) is 0 Å². The van der Waals surface area contributed by atoms with Crippen molar-refractivity contribution >= 4 is 28.9 Å². The summed E-state index contributed by atoms with van der Waals surface area (Å²) in [6.07, 6.45) is 0. The zero-order valence-corrected chi connectivity index (χ0v) is 16.9. The topological polar surface area (TPSA) is 88.0 Å². The minimum atomic E-state index is -0.485. The van der Waals surface area contributed by atoms with Gasteiger partial charge in [-0.3, -0.25) is 19.8 Å². The van der Waals surface area contributed by atoms with Crippen LogP contribution in [-0.2, 0) is 0 Å². The predicted octanol–water partition coefficient (Wildman–Crippen LogP) is 3.13. The van der Waals surface area contributed by atoms with Crippen LogP contribution in [0.1, 0.15) is 10.4 Å². The molecule has 0 aromatic heterocycles. The van der Waals surface area contributed by atoms with E-state index in [9.17, 15) is 14.9 Å². The minimum absolute atomic E-state index is 0.101. The summed E-state index contributed by atoms with van der Waals surface area (Å²) in [5.41, 5.74) is 0.614. The van der Waals surface area contributed by atoms with Gasteiger partial charge in [0.1, 0.15) is 18.0 Å². The van der Waals surface area contributed by atoms with Crippen LogP contribution in [-0.4, -0.2) is 67.0 Å². The molecule has 0 saturated carbocycles. The molecule has 8 nitrogen and oxygen atoms in total. The quantitative estimate of drug-likeness (QED) is 0.549. The second-order valence-electron chi connectivity index (χ2n) is 6.68. The Bertz CT molecular complexity index is 867. The Morgan fingerprint density at radius 2 is 1.86 bits per heavy atom. The van der Waals surface area contributed by atoms with Gasteiger partial charge in [0.15, 0.2) is 0 Å². The number of carbonyl (C=O) groups is 1. The van der Waals surface area contributed by atoms with Gasteiger partial charge in [-0.2, -0.15) is 0 Å². The number of anilines is 1. The smallest absolute Gasteiger partial charge is 0.293 e. The molecule has 0 radical (unpaired) electrons. The molecule has 0 unspecified atom stereocenters. The van der Waals surface area contributed by atoms with Gasteiger partial charge in [-0.25, -0.2) is 0 Å². The first-order valence-electron chi connectivity index (χ1n) is 9.34. The molecule has 1 aliphatic heterocycles. The van der Waals surface area contributed by atoms with Crippen LogP contribution in [0.3, 0.4) is 0 Å². The fourth-order valence-electron chi connectivity index (χ4n) is 3.21. The first kappa shape index (κ1) is 20.9. The molecule has 1 heterocycles. The number of hydrogen-bond acceptors (Lipinski definition) is 6. The lowest BCUT2D eigenvalue weighted by atomic mass is 10.1. The van der Waals surface area contributed by atoms with E-state index in [4.69, 9.17) is 16.3 Å². The average molecular weight is 419 g/mol. The van der Waals surface area contributed by atoms with Crippen LogP contribution in [0.25, 0.3) is 0 Å². The number of rotatable bonds is 7. The van der Waals surface area contributed by atoms with Gasteiger partial charge in [0.25, 0.3) is 11.6 Å². The van der Waals surface area contributed by atoms with E-state index in [-0.39, 0.29) is 11.6 Å². The molecule has 0 bridgehead atoms. The molecule has 2 aromatic carbocycles. The maximum atomic E-state index is 12.7. The number of nitro benzene ring substituents is 1. The molecule has 1 aliphatic rings. The maximum Gasteiger partial charge on any atom is 0.293 e. The normalized spacial score (nSPS) is 14.5. The highest BCUT2D eigenvalue weighted by molar-refractivity contribution is 6.30. The molecule has 154 valence electrons. The van der Waals surface area contributed by atoms with Crippen molar-refractivity contribution in [3.8, 4) is 5.75 Å². The van der Waals surface area contributed by atoms with Crippen molar-refractivity contribution < 1.29 is 14.5 Å². The summed E-state index contributed by atoms with van der Waals surface area (Å²) >= 11 is 5.86. The van der Waals surface area contributed by atoms with Gasteiger partial charge in [-0.1, -0.05) is 11.6 Å². The highest BCUT2D eigenvalue weighted by Crippen LogP contribution is 2.26. The molecule has 1 amide bonds. The van der Waals surface area contributed by atoms with Crippen molar-refractivity contribution in [3.63, 3.8) is 0 Å². The first-order valence-corrected chi connectivity index (χ1v) is 9.72. The number of piperazine rings is 1. The Balaban J connectivity index is 1.50. The molecule has 0 atom stereocenters. The predicted molar refractivity (Wildman–Crippen MR) is 112 cm³/mol. The summed E-state index contributed by atoms with van der Waals surface area (Å²) < 4.78 is 5.71. The monoisotopic (exact) mass is 418 g/mol. The van der Waals surface area contributed by atoms with E-state index in [2.05, 4.69) is 10.2 Å². The fraction of sp³-hybridized carbons (Fsp3) is 0.350. The van der Waals surface area contributed by atoms with Crippen molar-refractivity contribution in [2.45, 2.75) is 0 Å². The third-order valence-electron chi connectivity index (χ3n) is 4.86.